The molecule has 0 radical (unpaired) electrons. The van der Waals surface area contributed by atoms with E-state index in [1.807, 2.05) is 11.7 Å². The Morgan fingerprint density at radius 1 is 1.32 bits per heavy atom. The van der Waals surface area contributed by atoms with Gasteiger partial charge in [-0.2, -0.15) is 5.10 Å². The van der Waals surface area contributed by atoms with E-state index in [-0.39, 0.29) is 0 Å². The Hall–Kier alpha value is -1.39. The molecule has 0 aliphatic carbocycles. The van der Waals surface area contributed by atoms with Crippen LogP contribution in [0.4, 0.5) is 0 Å². The third-order valence-electron chi connectivity index (χ3n) is 3.65. The van der Waals surface area contributed by atoms with Crippen molar-refractivity contribution in [2.45, 2.75) is 26.4 Å². The van der Waals surface area contributed by atoms with Crippen molar-refractivity contribution in [2.75, 3.05) is 20.1 Å². The van der Waals surface area contributed by atoms with E-state index >= 15 is 0 Å². The predicted octanol–water partition coefficient (Wildman–Crippen LogP) is 2.00. The smallest absolute Gasteiger partial charge is 0.0841 e. The molecule has 0 saturated carbocycles. The summed E-state index contributed by atoms with van der Waals surface area (Å²) in [6.45, 7) is 7.30. The van der Waals surface area contributed by atoms with Crippen LogP contribution in [0, 0.1) is 0 Å². The number of para-hydroxylation sites is 1. The minimum Gasteiger partial charge on any atom is -0.310 e. The van der Waals surface area contributed by atoms with E-state index < -0.39 is 0 Å². The van der Waals surface area contributed by atoms with Crippen molar-refractivity contribution in [3.8, 4) is 0 Å². The third kappa shape index (κ3) is 3.33. The van der Waals surface area contributed by atoms with E-state index in [4.69, 9.17) is 0 Å². The summed E-state index contributed by atoms with van der Waals surface area (Å²) in [5, 5.41) is 9.30. The maximum absolute atomic E-state index is 4.58. The number of hydrogen-bond acceptors (Lipinski definition) is 3. The van der Waals surface area contributed by atoms with Gasteiger partial charge in [0.15, 0.2) is 0 Å². The summed E-state index contributed by atoms with van der Waals surface area (Å²) in [7, 11) is 4.15. The van der Waals surface area contributed by atoms with Crippen molar-refractivity contribution >= 4 is 10.9 Å². The highest BCUT2D eigenvalue weighted by Gasteiger charge is 2.07. The normalized spacial score (nSPS) is 11.9. The molecule has 0 saturated heterocycles. The first-order chi connectivity index (χ1) is 9.09. The molecule has 0 fully saturated rings. The number of likely N-dealkylation sites (N-methyl/N-ethyl adjacent to an activating group) is 1. The van der Waals surface area contributed by atoms with Crippen molar-refractivity contribution in [3.05, 3.63) is 30.0 Å². The van der Waals surface area contributed by atoms with E-state index in [2.05, 4.69) is 60.5 Å². The molecule has 0 atom stereocenters. The van der Waals surface area contributed by atoms with E-state index in [1.54, 1.807) is 0 Å². The van der Waals surface area contributed by atoms with Gasteiger partial charge < -0.3 is 10.2 Å². The average Bonchev–Trinajstić information content (AvgIpc) is 2.72. The van der Waals surface area contributed by atoms with Crippen LogP contribution in [0.3, 0.4) is 0 Å². The molecule has 0 aliphatic rings. The summed E-state index contributed by atoms with van der Waals surface area (Å²) < 4.78 is 1.95. The molecule has 4 nitrogen and oxygen atoms in total. The van der Waals surface area contributed by atoms with Crippen molar-refractivity contribution in [3.63, 3.8) is 0 Å². The summed E-state index contributed by atoms with van der Waals surface area (Å²) in [5.41, 5.74) is 2.32. The number of aryl methyl sites for hydroxylation is 1. The molecule has 0 bridgehead atoms. The number of rotatable bonds is 6. The summed E-state index contributed by atoms with van der Waals surface area (Å²) in [5.74, 6) is 0. The predicted molar refractivity (Wildman–Crippen MR) is 80.2 cm³/mol. The number of aromatic nitrogens is 2. The Bertz CT molecular complexity index is 530. The molecule has 0 spiro atoms. The van der Waals surface area contributed by atoms with Crippen LogP contribution >= 0.6 is 0 Å². The first-order valence-corrected chi connectivity index (χ1v) is 6.91. The lowest BCUT2D eigenvalue weighted by Gasteiger charge is -2.20. The molecule has 1 heterocycles. The van der Waals surface area contributed by atoms with Crippen LogP contribution in [0.5, 0.6) is 0 Å². The van der Waals surface area contributed by atoms with E-state index in [9.17, 15) is 0 Å². The molecular weight excluding hydrogens is 236 g/mol. The van der Waals surface area contributed by atoms with Crippen molar-refractivity contribution in [1.82, 2.24) is 20.0 Å². The van der Waals surface area contributed by atoms with Gasteiger partial charge in [-0.3, -0.25) is 4.68 Å². The standard InChI is InChI=1S/C15H24N4/c1-12(2)18(3)10-9-16-11-14-13-7-5-6-8-15(13)19(4)17-14/h5-8,12,16H,9-11H2,1-4H3. The van der Waals surface area contributed by atoms with E-state index in [1.165, 1.54) is 10.9 Å². The monoisotopic (exact) mass is 260 g/mol. The molecule has 0 amide bonds. The molecular formula is C15H24N4. The summed E-state index contributed by atoms with van der Waals surface area (Å²) >= 11 is 0. The first-order valence-electron chi connectivity index (χ1n) is 6.91. The SMILES string of the molecule is CC(C)N(C)CCNCc1nn(C)c2ccccc12. The quantitative estimate of drug-likeness (QED) is 0.807. The lowest BCUT2D eigenvalue weighted by atomic mass is 10.2. The highest BCUT2D eigenvalue weighted by molar-refractivity contribution is 5.81. The Labute approximate surface area is 115 Å². The van der Waals surface area contributed by atoms with Crippen LogP contribution in [-0.2, 0) is 13.6 Å². The second-order valence-electron chi connectivity index (χ2n) is 5.34. The van der Waals surface area contributed by atoms with Gasteiger partial charge in [0.05, 0.1) is 11.2 Å². The van der Waals surface area contributed by atoms with Gasteiger partial charge in [-0.15, -0.1) is 0 Å². The number of nitrogens with zero attached hydrogens (tertiary/aromatic N) is 3. The van der Waals surface area contributed by atoms with Crippen LogP contribution in [0.2, 0.25) is 0 Å². The zero-order valence-corrected chi connectivity index (χ0v) is 12.3. The number of hydrogen-bond donors (Lipinski definition) is 1. The van der Waals surface area contributed by atoms with Crippen molar-refractivity contribution in [1.29, 1.82) is 0 Å². The molecule has 1 N–H and O–H groups in total. The van der Waals surface area contributed by atoms with Crippen LogP contribution in [0.1, 0.15) is 19.5 Å². The van der Waals surface area contributed by atoms with Gasteiger partial charge >= 0.3 is 0 Å². The Balaban J connectivity index is 1.92. The lowest BCUT2D eigenvalue weighted by Crippen LogP contribution is -2.33. The molecule has 2 rings (SSSR count). The maximum atomic E-state index is 4.58. The number of benzene rings is 1. The Morgan fingerprint density at radius 2 is 2.05 bits per heavy atom. The highest BCUT2D eigenvalue weighted by atomic mass is 15.3. The minimum atomic E-state index is 0.595. The van der Waals surface area contributed by atoms with Crippen LogP contribution in [-0.4, -0.2) is 40.9 Å². The first kappa shape index (κ1) is 14.0. The zero-order chi connectivity index (χ0) is 13.8. The van der Waals surface area contributed by atoms with Gasteiger partial charge in [-0.05, 0) is 27.0 Å². The van der Waals surface area contributed by atoms with Crippen LogP contribution in [0.15, 0.2) is 24.3 Å². The van der Waals surface area contributed by atoms with Gasteiger partial charge in [0.1, 0.15) is 0 Å². The molecule has 2 aromatic rings. The largest absolute Gasteiger partial charge is 0.310 e. The second-order valence-corrected chi connectivity index (χ2v) is 5.34. The Morgan fingerprint density at radius 3 is 2.79 bits per heavy atom. The summed E-state index contributed by atoms with van der Waals surface area (Å²) in [4.78, 5) is 2.34. The van der Waals surface area contributed by atoms with Gasteiger partial charge in [0.2, 0.25) is 0 Å². The van der Waals surface area contributed by atoms with Gasteiger partial charge in [-0.25, -0.2) is 0 Å². The summed E-state index contributed by atoms with van der Waals surface area (Å²) in [6, 6.07) is 8.97. The van der Waals surface area contributed by atoms with E-state index in [0.717, 1.165) is 25.3 Å². The molecule has 104 valence electrons. The number of nitrogens with one attached hydrogen (secondary N) is 1. The highest BCUT2D eigenvalue weighted by Crippen LogP contribution is 2.16. The van der Waals surface area contributed by atoms with Gasteiger partial charge in [-0.1, -0.05) is 18.2 Å². The van der Waals surface area contributed by atoms with Crippen LogP contribution < -0.4 is 5.32 Å². The second kappa shape index (κ2) is 6.17. The average molecular weight is 260 g/mol. The van der Waals surface area contributed by atoms with E-state index in [0.29, 0.717) is 6.04 Å². The molecule has 1 aromatic carbocycles. The topological polar surface area (TPSA) is 33.1 Å². The molecule has 0 unspecified atom stereocenters. The molecule has 4 heteroatoms. The third-order valence-corrected chi connectivity index (χ3v) is 3.65. The molecule has 19 heavy (non-hydrogen) atoms. The molecule has 0 aliphatic heterocycles. The summed E-state index contributed by atoms with van der Waals surface area (Å²) in [6.07, 6.45) is 0. The van der Waals surface area contributed by atoms with Gasteiger partial charge in [0.25, 0.3) is 0 Å². The fraction of sp³-hybridized carbons (Fsp3) is 0.533. The Kier molecular flexibility index (Phi) is 4.56. The van der Waals surface area contributed by atoms with Crippen LogP contribution in [0.25, 0.3) is 10.9 Å². The fourth-order valence-electron chi connectivity index (χ4n) is 2.14. The van der Waals surface area contributed by atoms with Crippen molar-refractivity contribution < 1.29 is 0 Å². The minimum absolute atomic E-state index is 0.595. The van der Waals surface area contributed by atoms with Gasteiger partial charge in [0, 0.05) is 38.1 Å². The molecule has 1 aromatic heterocycles. The fourth-order valence-corrected chi connectivity index (χ4v) is 2.14. The number of fused-ring (bicyclic) bond motifs is 1. The van der Waals surface area contributed by atoms with Crippen molar-refractivity contribution in [2.24, 2.45) is 7.05 Å². The lowest BCUT2D eigenvalue weighted by molar-refractivity contribution is 0.273. The zero-order valence-electron chi connectivity index (χ0n) is 12.3. The maximum Gasteiger partial charge on any atom is 0.0841 e.